The maximum absolute atomic E-state index is 12.7. The van der Waals surface area contributed by atoms with E-state index >= 15 is 0 Å². The van der Waals surface area contributed by atoms with Crippen molar-refractivity contribution in [2.75, 3.05) is 20.7 Å². The molecular formula is C19H23N3O3. The van der Waals surface area contributed by atoms with Gasteiger partial charge in [-0.2, -0.15) is 0 Å². The number of carbonyl (C=O) groups is 2. The van der Waals surface area contributed by atoms with Gasteiger partial charge in [-0.1, -0.05) is 12.1 Å². The van der Waals surface area contributed by atoms with Crippen LogP contribution in [0.5, 0.6) is 5.75 Å². The summed E-state index contributed by atoms with van der Waals surface area (Å²) in [6.07, 6.45) is 4.87. The number of methoxy groups -OCH3 is 1. The van der Waals surface area contributed by atoms with Crippen LogP contribution in [-0.2, 0) is 16.1 Å². The molecule has 132 valence electrons. The molecule has 2 bridgehead atoms. The quantitative estimate of drug-likeness (QED) is 0.838. The number of amides is 2. The molecule has 0 aliphatic carbocycles. The Morgan fingerprint density at radius 3 is 2.56 bits per heavy atom. The van der Waals surface area contributed by atoms with Gasteiger partial charge in [0.2, 0.25) is 11.8 Å². The van der Waals surface area contributed by atoms with Crippen molar-refractivity contribution in [2.45, 2.75) is 37.9 Å². The molecule has 2 amide bonds. The zero-order valence-corrected chi connectivity index (χ0v) is 14.6. The zero-order chi connectivity index (χ0) is 17.6. The van der Waals surface area contributed by atoms with Crippen LogP contribution in [-0.4, -0.2) is 59.3 Å². The third-order valence-corrected chi connectivity index (χ3v) is 5.56. The van der Waals surface area contributed by atoms with Crippen molar-refractivity contribution >= 4 is 11.8 Å². The molecule has 2 atom stereocenters. The predicted octanol–water partition coefficient (Wildman–Crippen LogP) is 1.57. The van der Waals surface area contributed by atoms with Crippen molar-refractivity contribution in [3.8, 4) is 5.75 Å². The van der Waals surface area contributed by atoms with Gasteiger partial charge in [-0.05, 0) is 44.0 Å². The molecule has 3 aliphatic rings. The zero-order valence-electron chi connectivity index (χ0n) is 14.6. The molecular weight excluding hydrogens is 318 g/mol. The maximum atomic E-state index is 12.7. The summed E-state index contributed by atoms with van der Waals surface area (Å²) in [7, 11) is 3.66. The standard InChI is InChI=1S/C19H23N3O3/c1-20-15-4-3-5-16(20)19(24)22-12-18(23)21(11-17(15)22)10-13-6-8-14(25-2)9-7-13/h6-9,11,15-16H,3-5,10,12H2,1-2H3. The molecule has 3 heterocycles. The molecule has 0 saturated carbocycles. The summed E-state index contributed by atoms with van der Waals surface area (Å²) in [5, 5.41) is 0. The number of piperazine rings is 1. The van der Waals surface area contributed by atoms with Crippen LogP contribution in [0.25, 0.3) is 0 Å². The highest BCUT2D eigenvalue weighted by molar-refractivity contribution is 5.92. The van der Waals surface area contributed by atoms with E-state index in [2.05, 4.69) is 4.90 Å². The second kappa shape index (κ2) is 6.19. The number of fused-ring (bicyclic) bond motifs is 4. The molecule has 1 aromatic carbocycles. The monoisotopic (exact) mass is 341 g/mol. The lowest BCUT2D eigenvalue weighted by Gasteiger charge is -2.50. The number of piperidine rings is 1. The van der Waals surface area contributed by atoms with Crippen LogP contribution in [0.3, 0.4) is 0 Å². The fraction of sp³-hybridized carbons (Fsp3) is 0.474. The van der Waals surface area contributed by atoms with Crippen LogP contribution in [0.1, 0.15) is 24.8 Å². The van der Waals surface area contributed by atoms with Gasteiger partial charge in [-0.3, -0.25) is 14.5 Å². The normalized spacial score (nSPS) is 26.4. The van der Waals surface area contributed by atoms with Crippen LogP contribution < -0.4 is 4.74 Å². The van der Waals surface area contributed by atoms with Gasteiger partial charge in [0, 0.05) is 6.20 Å². The number of benzene rings is 1. The van der Waals surface area contributed by atoms with Crippen LogP contribution in [0.4, 0.5) is 0 Å². The van der Waals surface area contributed by atoms with E-state index < -0.39 is 0 Å². The Bertz CT molecular complexity index is 728. The first kappa shape index (κ1) is 16.1. The van der Waals surface area contributed by atoms with Crippen LogP contribution >= 0.6 is 0 Å². The third kappa shape index (κ3) is 2.70. The fourth-order valence-electron chi connectivity index (χ4n) is 4.11. The highest BCUT2D eigenvalue weighted by Gasteiger charge is 2.46. The molecule has 2 unspecified atom stereocenters. The lowest BCUT2D eigenvalue weighted by Crippen LogP contribution is -2.63. The number of hydrogen-bond acceptors (Lipinski definition) is 4. The van der Waals surface area contributed by atoms with Gasteiger partial charge in [0.15, 0.2) is 0 Å². The first-order valence-corrected chi connectivity index (χ1v) is 8.76. The van der Waals surface area contributed by atoms with Gasteiger partial charge in [-0.15, -0.1) is 0 Å². The predicted molar refractivity (Wildman–Crippen MR) is 92.5 cm³/mol. The lowest BCUT2D eigenvalue weighted by molar-refractivity contribution is -0.149. The lowest BCUT2D eigenvalue weighted by atomic mass is 9.88. The summed E-state index contributed by atoms with van der Waals surface area (Å²) in [6, 6.07) is 7.87. The van der Waals surface area contributed by atoms with Gasteiger partial charge in [0.1, 0.15) is 12.3 Å². The fourth-order valence-corrected chi connectivity index (χ4v) is 4.11. The SMILES string of the molecule is COc1ccc(CN2C=C3C4CCCC(C(=O)N3CC2=O)N4C)cc1. The molecule has 6 nitrogen and oxygen atoms in total. The topological polar surface area (TPSA) is 53.1 Å². The second-order valence-corrected chi connectivity index (χ2v) is 6.98. The van der Waals surface area contributed by atoms with Crippen LogP contribution in [0.15, 0.2) is 36.2 Å². The van der Waals surface area contributed by atoms with E-state index in [1.54, 1.807) is 16.9 Å². The molecule has 3 aliphatic heterocycles. The summed E-state index contributed by atoms with van der Waals surface area (Å²) in [5.74, 6) is 0.837. The Balaban J connectivity index is 1.61. The van der Waals surface area contributed by atoms with Gasteiger partial charge < -0.3 is 14.5 Å². The van der Waals surface area contributed by atoms with Crippen molar-refractivity contribution in [2.24, 2.45) is 0 Å². The Kier molecular flexibility index (Phi) is 4.00. The van der Waals surface area contributed by atoms with Crippen molar-refractivity contribution in [3.05, 3.63) is 41.7 Å². The Hall–Kier alpha value is -2.34. The van der Waals surface area contributed by atoms with Crippen molar-refractivity contribution < 1.29 is 14.3 Å². The number of hydrogen-bond donors (Lipinski definition) is 0. The number of nitrogens with zero attached hydrogens (tertiary/aromatic N) is 3. The van der Waals surface area contributed by atoms with Gasteiger partial charge in [-0.25, -0.2) is 0 Å². The third-order valence-electron chi connectivity index (χ3n) is 5.56. The average Bonchev–Trinajstić information content (AvgIpc) is 2.62. The first-order chi connectivity index (χ1) is 12.1. The molecule has 2 saturated heterocycles. The molecule has 6 heteroatoms. The minimum absolute atomic E-state index is 0.0319. The average molecular weight is 341 g/mol. The number of ether oxygens (including phenoxy) is 1. The highest BCUT2D eigenvalue weighted by Crippen LogP contribution is 2.36. The molecule has 0 N–H and O–H groups in total. The van der Waals surface area contributed by atoms with E-state index in [0.717, 1.165) is 36.3 Å². The highest BCUT2D eigenvalue weighted by atomic mass is 16.5. The first-order valence-electron chi connectivity index (χ1n) is 8.76. The molecule has 25 heavy (non-hydrogen) atoms. The van der Waals surface area contributed by atoms with Crippen LogP contribution in [0.2, 0.25) is 0 Å². The summed E-state index contributed by atoms with van der Waals surface area (Å²) in [6.45, 7) is 0.663. The molecule has 2 fully saturated rings. The van der Waals surface area contributed by atoms with Crippen LogP contribution in [0, 0.1) is 0 Å². The summed E-state index contributed by atoms with van der Waals surface area (Å²) in [5.41, 5.74) is 2.01. The maximum Gasteiger partial charge on any atom is 0.246 e. The minimum atomic E-state index is -0.0724. The molecule has 0 aromatic heterocycles. The van der Waals surface area contributed by atoms with Crippen molar-refractivity contribution in [3.63, 3.8) is 0 Å². The summed E-state index contributed by atoms with van der Waals surface area (Å²) >= 11 is 0. The molecule has 4 rings (SSSR count). The van der Waals surface area contributed by atoms with Gasteiger partial charge in [0.05, 0.1) is 31.4 Å². The largest absolute Gasteiger partial charge is 0.497 e. The van der Waals surface area contributed by atoms with E-state index in [1.807, 2.05) is 37.5 Å². The van der Waals surface area contributed by atoms with E-state index in [1.165, 1.54) is 0 Å². The second-order valence-electron chi connectivity index (χ2n) is 6.98. The smallest absolute Gasteiger partial charge is 0.246 e. The number of carbonyl (C=O) groups excluding carboxylic acids is 2. The van der Waals surface area contributed by atoms with E-state index in [-0.39, 0.29) is 30.4 Å². The van der Waals surface area contributed by atoms with E-state index in [0.29, 0.717) is 6.54 Å². The van der Waals surface area contributed by atoms with Crippen molar-refractivity contribution in [1.29, 1.82) is 0 Å². The Labute approximate surface area is 147 Å². The van der Waals surface area contributed by atoms with Gasteiger partial charge in [0.25, 0.3) is 0 Å². The van der Waals surface area contributed by atoms with Crippen molar-refractivity contribution in [1.82, 2.24) is 14.7 Å². The number of rotatable bonds is 3. The molecule has 0 spiro atoms. The Morgan fingerprint density at radius 1 is 1.12 bits per heavy atom. The minimum Gasteiger partial charge on any atom is -0.497 e. The number of likely N-dealkylation sites (N-methyl/N-ethyl adjacent to an activating group) is 1. The summed E-state index contributed by atoms with van der Waals surface area (Å²) < 4.78 is 5.18. The van der Waals surface area contributed by atoms with Gasteiger partial charge >= 0.3 is 0 Å². The Morgan fingerprint density at radius 2 is 1.84 bits per heavy atom. The van der Waals surface area contributed by atoms with E-state index in [4.69, 9.17) is 4.74 Å². The summed E-state index contributed by atoms with van der Waals surface area (Å²) in [4.78, 5) is 30.9. The van der Waals surface area contributed by atoms with E-state index in [9.17, 15) is 9.59 Å². The molecule has 1 aromatic rings. The molecule has 0 radical (unpaired) electrons.